The van der Waals surface area contributed by atoms with Crippen molar-refractivity contribution in [2.75, 3.05) is 18.0 Å². The van der Waals surface area contributed by atoms with Crippen LogP contribution in [0.5, 0.6) is 0 Å². The predicted octanol–water partition coefficient (Wildman–Crippen LogP) is 6.51. The molecule has 3 aromatic carbocycles. The molecule has 8 heteroatoms. The first-order chi connectivity index (χ1) is 20.2. The molecule has 1 atom stereocenters. The van der Waals surface area contributed by atoms with E-state index in [1.54, 1.807) is 12.1 Å². The fourth-order valence-electron chi connectivity index (χ4n) is 5.27. The van der Waals surface area contributed by atoms with Gasteiger partial charge in [0.25, 0.3) is 11.8 Å². The van der Waals surface area contributed by atoms with Crippen LogP contribution in [-0.4, -0.2) is 46.3 Å². The highest BCUT2D eigenvalue weighted by atomic mass is 16.5. The van der Waals surface area contributed by atoms with Crippen LogP contribution in [0.2, 0.25) is 0 Å². The van der Waals surface area contributed by atoms with Gasteiger partial charge in [-0.15, -0.1) is 0 Å². The van der Waals surface area contributed by atoms with E-state index in [9.17, 15) is 14.7 Å². The minimum Gasteiger partial charge on any atom is -0.481 e. The third kappa shape index (κ3) is 7.24. The fraction of sp³-hybridized carbons (Fsp3) is 0.353. The zero-order chi connectivity index (χ0) is 29.7. The minimum absolute atomic E-state index is 0.0195. The molecule has 4 aromatic rings. The number of carboxylic acids is 1. The van der Waals surface area contributed by atoms with E-state index in [0.717, 1.165) is 35.3 Å². The third-order valence-corrected chi connectivity index (χ3v) is 7.73. The van der Waals surface area contributed by atoms with Crippen LogP contribution in [0, 0.1) is 0 Å². The molecule has 0 aliphatic carbocycles. The van der Waals surface area contributed by atoms with Crippen molar-refractivity contribution in [3.63, 3.8) is 0 Å². The highest BCUT2D eigenvalue weighted by molar-refractivity contribution is 5.94. The summed E-state index contributed by atoms with van der Waals surface area (Å²) < 4.78 is 5.55. The van der Waals surface area contributed by atoms with Crippen LogP contribution in [0.4, 0.5) is 5.69 Å². The SMILES string of the molecule is CC(C)(C)c1ccc(C(=O)N[C@H](CC(=O)O)Cc2ccc(-c3noc(-c4ccc(N5CCCCC5)cc4)n3)cc2)cc1. The van der Waals surface area contributed by atoms with Gasteiger partial charge < -0.3 is 19.8 Å². The Labute approximate surface area is 246 Å². The molecule has 1 amide bonds. The van der Waals surface area contributed by atoms with E-state index in [0.29, 0.717) is 23.7 Å². The van der Waals surface area contributed by atoms with Crippen molar-refractivity contribution in [3.05, 3.63) is 89.5 Å². The van der Waals surface area contributed by atoms with Crippen LogP contribution in [-0.2, 0) is 16.6 Å². The van der Waals surface area contributed by atoms with E-state index in [1.165, 1.54) is 24.9 Å². The molecule has 0 spiro atoms. The number of nitrogens with one attached hydrogen (secondary N) is 1. The summed E-state index contributed by atoms with van der Waals surface area (Å²) in [7, 11) is 0. The summed E-state index contributed by atoms with van der Waals surface area (Å²) in [4.78, 5) is 31.5. The normalized spacial score (nSPS) is 14.4. The maximum Gasteiger partial charge on any atom is 0.305 e. The Morgan fingerprint density at radius 1 is 0.905 bits per heavy atom. The molecule has 0 radical (unpaired) electrons. The van der Waals surface area contributed by atoms with Crippen LogP contribution in [0.3, 0.4) is 0 Å². The summed E-state index contributed by atoms with van der Waals surface area (Å²) in [5, 5.41) is 16.5. The number of carbonyl (C=O) groups excluding carboxylic acids is 1. The lowest BCUT2D eigenvalue weighted by molar-refractivity contribution is -0.137. The molecule has 8 nitrogen and oxygen atoms in total. The van der Waals surface area contributed by atoms with E-state index in [-0.39, 0.29) is 17.7 Å². The van der Waals surface area contributed by atoms with Gasteiger partial charge in [0.05, 0.1) is 6.42 Å². The van der Waals surface area contributed by atoms with Gasteiger partial charge in [0.1, 0.15) is 0 Å². The summed E-state index contributed by atoms with van der Waals surface area (Å²) in [5.74, 6) is -0.324. The van der Waals surface area contributed by atoms with Crippen molar-refractivity contribution >= 4 is 17.6 Å². The highest BCUT2D eigenvalue weighted by Gasteiger charge is 2.20. The summed E-state index contributed by atoms with van der Waals surface area (Å²) in [6.07, 6.45) is 3.95. The second-order valence-corrected chi connectivity index (χ2v) is 12.0. The van der Waals surface area contributed by atoms with Gasteiger partial charge in [-0.05, 0) is 78.6 Å². The molecule has 5 rings (SSSR count). The highest BCUT2D eigenvalue weighted by Crippen LogP contribution is 2.27. The largest absolute Gasteiger partial charge is 0.481 e. The Morgan fingerprint density at radius 3 is 2.17 bits per heavy atom. The Hall–Kier alpha value is -4.46. The molecule has 1 fully saturated rings. The number of benzene rings is 3. The van der Waals surface area contributed by atoms with Gasteiger partial charge in [-0.1, -0.05) is 62.3 Å². The molecule has 1 aliphatic rings. The van der Waals surface area contributed by atoms with E-state index < -0.39 is 12.0 Å². The molecule has 1 aliphatic heterocycles. The van der Waals surface area contributed by atoms with Crippen LogP contribution >= 0.6 is 0 Å². The maximum absolute atomic E-state index is 12.9. The topological polar surface area (TPSA) is 109 Å². The zero-order valence-corrected chi connectivity index (χ0v) is 24.5. The average molecular weight is 567 g/mol. The van der Waals surface area contributed by atoms with Crippen LogP contribution in [0.15, 0.2) is 77.3 Å². The van der Waals surface area contributed by atoms with Gasteiger partial charge in [0.2, 0.25) is 5.82 Å². The quantitative estimate of drug-likeness (QED) is 0.238. The Kier molecular flexibility index (Phi) is 8.71. The zero-order valence-electron chi connectivity index (χ0n) is 24.5. The lowest BCUT2D eigenvalue weighted by atomic mass is 9.86. The number of carbonyl (C=O) groups is 2. The number of amides is 1. The lowest BCUT2D eigenvalue weighted by Crippen LogP contribution is -2.38. The predicted molar refractivity (Wildman–Crippen MR) is 164 cm³/mol. The first kappa shape index (κ1) is 29.0. The standard InChI is InChI=1S/C34H38N4O4/c1-34(2,3)27-15-11-25(12-16-27)32(41)35-28(22-30(39)40)21-23-7-9-24(10-8-23)31-36-33(42-37-31)26-13-17-29(18-14-26)38-19-5-4-6-20-38/h7-18,28H,4-6,19-22H2,1-3H3,(H,35,41)(H,39,40)/t28-/m0/s1. The second kappa shape index (κ2) is 12.6. The number of carboxylic acid groups (broad SMARTS) is 1. The van der Waals surface area contributed by atoms with E-state index >= 15 is 0 Å². The van der Waals surface area contributed by atoms with E-state index in [1.807, 2.05) is 48.5 Å². The number of hydrogen-bond donors (Lipinski definition) is 2. The van der Waals surface area contributed by atoms with Crippen molar-refractivity contribution in [1.82, 2.24) is 15.5 Å². The minimum atomic E-state index is -0.969. The number of hydrogen-bond acceptors (Lipinski definition) is 6. The van der Waals surface area contributed by atoms with Crippen LogP contribution in [0.1, 0.15) is 67.9 Å². The second-order valence-electron chi connectivity index (χ2n) is 12.0. The molecular weight excluding hydrogens is 528 g/mol. The summed E-state index contributed by atoms with van der Waals surface area (Å²) in [6.45, 7) is 8.52. The van der Waals surface area contributed by atoms with Gasteiger partial charge in [-0.25, -0.2) is 0 Å². The molecular formula is C34H38N4O4. The first-order valence-electron chi connectivity index (χ1n) is 14.6. The molecule has 218 valence electrons. The van der Waals surface area contributed by atoms with E-state index in [2.05, 4.69) is 53.3 Å². The molecule has 0 saturated carbocycles. The monoisotopic (exact) mass is 566 g/mol. The first-order valence-corrected chi connectivity index (χ1v) is 14.6. The number of aromatic nitrogens is 2. The molecule has 42 heavy (non-hydrogen) atoms. The smallest absolute Gasteiger partial charge is 0.305 e. The third-order valence-electron chi connectivity index (χ3n) is 7.73. The Balaban J connectivity index is 1.23. The van der Waals surface area contributed by atoms with Gasteiger partial charge >= 0.3 is 5.97 Å². The van der Waals surface area contributed by atoms with Crippen molar-refractivity contribution < 1.29 is 19.2 Å². The average Bonchev–Trinajstić information content (AvgIpc) is 3.48. The summed E-state index contributed by atoms with van der Waals surface area (Å²) in [5.41, 5.74) is 5.37. The fourth-order valence-corrected chi connectivity index (χ4v) is 5.27. The lowest BCUT2D eigenvalue weighted by Gasteiger charge is -2.28. The van der Waals surface area contributed by atoms with Crippen molar-refractivity contribution in [2.24, 2.45) is 0 Å². The van der Waals surface area contributed by atoms with Crippen molar-refractivity contribution in [3.8, 4) is 22.8 Å². The van der Waals surface area contributed by atoms with E-state index in [4.69, 9.17) is 4.52 Å². The number of aliphatic carboxylic acids is 1. The molecule has 1 aromatic heterocycles. The number of nitrogens with zero attached hydrogens (tertiary/aromatic N) is 3. The number of piperidine rings is 1. The van der Waals surface area contributed by atoms with Crippen LogP contribution < -0.4 is 10.2 Å². The van der Waals surface area contributed by atoms with Gasteiger partial charge in [0, 0.05) is 41.5 Å². The maximum atomic E-state index is 12.9. The summed E-state index contributed by atoms with van der Waals surface area (Å²) >= 11 is 0. The molecule has 1 saturated heterocycles. The van der Waals surface area contributed by atoms with Crippen molar-refractivity contribution in [1.29, 1.82) is 0 Å². The van der Waals surface area contributed by atoms with Gasteiger partial charge in [-0.2, -0.15) is 4.98 Å². The molecule has 0 bridgehead atoms. The molecule has 2 heterocycles. The van der Waals surface area contributed by atoms with Gasteiger partial charge in [-0.3, -0.25) is 9.59 Å². The van der Waals surface area contributed by atoms with Crippen molar-refractivity contribution in [2.45, 2.75) is 64.3 Å². The molecule has 2 N–H and O–H groups in total. The number of rotatable bonds is 9. The number of anilines is 1. The Bertz CT molecular complexity index is 1500. The summed E-state index contributed by atoms with van der Waals surface area (Å²) in [6, 6.07) is 22.7. The Morgan fingerprint density at radius 2 is 1.55 bits per heavy atom. The van der Waals surface area contributed by atoms with Gasteiger partial charge in [0.15, 0.2) is 0 Å². The molecule has 0 unspecified atom stereocenters. The van der Waals surface area contributed by atoms with Crippen LogP contribution in [0.25, 0.3) is 22.8 Å².